The Morgan fingerprint density at radius 1 is 1.39 bits per heavy atom. The highest BCUT2D eigenvalue weighted by Crippen LogP contribution is 2.17. The van der Waals surface area contributed by atoms with Gasteiger partial charge in [-0.1, -0.05) is 24.8 Å². The molecule has 3 N–H and O–H groups in total. The summed E-state index contributed by atoms with van der Waals surface area (Å²) in [6, 6.07) is 4.25. The van der Waals surface area contributed by atoms with Crippen LogP contribution in [-0.4, -0.2) is 28.9 Å². The summed E-state index contributed by atoms with van der Waals surface area (Å²) in [5.41, 5.74) is 0.329. The Hall–Kier alpha value is -2.50. The molecule has 1 rings (SSSR count). The van der Waals surface area contributed by atoms with Gasteiger partial charge in [-0.25, -0.2) is 9.59 Å². The molecule has 96 valence electrons. The lowest BCUT2D eigenvalue weighted by molar-refractivity contribution is -0.139. The molecule has 0 aliphatic rings. The van der Waals surface area contributed by atoms with E-state index in [4.69, 9.17) is 10.2 Å². The van der Waals surface area contributed by atoms with Crippen molar-refractivity contribution in [2.75, 3.05) is 6.61 Å². The zero-order chi connectivity index (χ0) is 13.5. The molecule has 0 unspecified atom stereocenters. The zero-order valence-electron chi connectivity index (χ0n) is 9.50. The number of aromatic hydroxyl groups is 1. The van der Waals surface area contributed by atoms with Crippen LogP contribution in [0.2, 0.25) is 0 Å². The molecule has 0 radical (unpaired) electrons. The number of nitrogens with one attached hydrogen (secondary N) is 1. The van der Waals surface area contributed by atoms with E-state index in [0.29, 0.717) is 5.56 Å². The molecule has 0 heterocycles. The molecule has 6 heteroatoms. The Kier molecular flexibility index (Phi) is 4.74. The van der Waals surface area contributed by atoms with Crippen LogP contribution >= 0.6 is 0 Å². The number of hydrogen-bond donors (Lipinski definition) is 3. The van der Waals surface area contributed by atoms with Crippen molar-refractivity contribution in [3.05, 3.63) is 42.5 Å². The second-order valence-electron chi connectivity index (χ2n) is 3.39. The van der Waals surface area contributed by atoms with Crippen LogP contribution < -0.4 is 5.32 Å². The van der Waals surface area contributed by atoms with E-state index in [-0.39, 0.29) is 12.4 Å². The molecule has 1 atom stereocenters. The molecular weight excluding hydrogens is 238 g/mol. The number of phenols is 1. The molecule has 6 nitrogen and oxygen atoms in total. The molecule has 0 aromatic heterocycles. The Morgan fingerprint density at radius 3 is 2.50 bits per heavy atom. The van der Waals surface area contributed by atoms with Crippen LogP contribution in [0.3, 0.4) is 0 Å². The smallest absolute Gasteiger partial charge is 0.408 e. The minimum absolute atomic E-state index is 0.00620. The first-order chi connectivity index (χ1) is 8.54. The summed E-state index contributed by atoms with van der Waals surface area (Å²) in [5, 5.41) is 20.3. The Morgan fingerprint density at radius 2 is 2.00 bits per heavy atom. The van der Waals surface area contributed by atoms with Gasteiger partial charge < -0.3 is 20.3 Å². The van der Waals surface area contributed by atoms with Gasteiger partial charge in [0.15, 0.2) is 6.04 Å². The molecule has 0 aliphatic carbocycles. The predicted molar refractivity (Wildman–Crippen MR) is 63.2 cm³/mol. The number of benzene rings is 1. The molecule has 1 aromatic rings. The van der Waals surface area contributed by atoms with E-state index in [2.05, 4.69) is 16.6 Å². The summed E-state index contributed by atoms with van der Waals surface area (Å²) in [6.07, 6.45) is 0.519. The second-order valence-corrected chi connectivity index (χ2v) is 3.39. The van der Waals surface area contributed by atoms with Gasteiger partial charge >= 0.3 is 12.1 Å². The number of carbonyl (C=O) groups excluding carboxylic acids is 1. The second kappa shape index (κ2) is 6.29. The molecule has 0 saturated carbocycles. The van der Waals surface area contributed by atoms with Gasteiger partial charge in [0.25, 0.3) is 0 Å². The number of ether oxygens (including phenoxy) is 1. The number of amides is 1. The third kappa shape index (κ3) is 3.82. The highest BCUT2D eigenvalue weighted by Gasteiger charge is 2.22. The minimum atomic E-state index is -1.23. The van der Waals surface area contributed by atoms with Crippen molar-refractivity contribution in [3.63, 3.8) is 0 Å². The number of rotatable bonds is 5. The van der Waals surface area contributed by atoms with E-state index in [0.717, 1.165) is 0 Å². The number of alkyl carbamates (subject to hydrolysis) is 1. The van der Waals surface area contributed by atoms with E-state index in [9.17, 15) is 9.59 Å². The number of carboxylic acid groups (broad SMARTS) is 1. The number of carboxylic acids is 1. The number of carbonyl (C=O) groups is 2. The SMILES string of the molecule is C=CCOC(=O)N[C@H](C(=O)O)c1ccc(O)cc1. The molecule has 0 fully saturated rings. The van der Waals surface area contributed by atoms with Gasteiger partial charge in [0.1, 0.15) is 12.4 Å². The largest absolute Gasteiger partial charge is 0.508 e. The molecule has 1 amide bonds. The summed E-state index contributed by atoms with van der Waals surface area (Å²) >= 11 is 0. The van der Waals surface area contributed by atoms with Crippen LogP contribution in [0.15, 0.2) is 36.9 Å². The standard InChI is InChI=1S/C12H13NO5/c1-2-7-18-12(17)13-10(11(15)16)8-3-5-9(14)6-4-8/h2-6,10,14H,1,7H2,(H,13,17)(H,15,16)/t10-/m0/s1. The quantitative estimate of drug-likeness (QED) is 0.688. The van der Waals surface area contributed by atoms with Gasteiger partial charge in [-0.15, -0.1) is 0 Å². The lowest BCUT2D eigenvalue weighted by Gasteiger charge is -2.14. The predicted octanol–water partition coefficient (Wildman–Crippen LogP) is 1.43. The van der Waals surface area contributed by atoms with Crippen LogP contribution in [0.25, 0.3) is 0 Å². The van der Waals surface area contributed by atoms with Crippen molar-refractivity contribution in [1.29, 1.82) is 0 Å². The third-order valence-electron chi connectivity index (χ3n) is 2.07. The zero-order valence-corrected chi connectivity index (χ0v) is 9.50. The number of hydrogen-bond acceptors (Lipinski definition) is 4. The van der Waals surface area contributed by atoms with E-state index < -0.39 is 18.1 Å². The summed E-state index contributed by atoms with van der Waals surface area (Å²) < 4.78 is 4.64. The van der Waals surface area contributed by atoms with Crippen molar-refractivity contribution in [2.45, 2.75) is 6.04 Å². The van der Waals surface area contributed by atoms with Crippen molar-refractivity contribution >= 4 is 12.1 Å². The summed E-state index contributed by atoms with van der Waals surface area (Å²) in [5.74, 6) is -1.21. The maximum absolute atomic E-state index is 11.3. The van der Waals surface area contributed by atoms with Crippen LogP contribution in [0, 0.1) is 0 Å². The first-order valence-electron chi connectivity index (χ1n) is 5.10. The van der Waals surface area contributed by atoms with Crippen LogP contribution in [0.1, 0.15) is 11.6 Å². The van der Waals surface area contributed by atoms with E-state index in [1.54, 1.807) is 0 Å². The normalized spacial score (nSPS) is 11.3. The highest BCUT2D eigenvalue weighted by molar-refractivity contribution is 5.81. The summed E-state index contributed by atoms with van der Waals surface area (Å²) in [7, 11) is 0. The maximum Gasteiger partial charge on any atom is 0.408 e. The molecule has 1 aromatic carbocycles. The number of aliphatic carboxylic acids is 1. The van der Waals surface area contributed by atoms with E-state index in [1.165, 1.54) is 30.3 Å². The van der Waals surface area contributed by atoms with Crippen LogP contribution in [-0.2, 0) is 9.53 Å². The van der Waals surface area contributed by atoms with Gasteiger partial charge in [0.05, 0.1) is 0 Å². The monoisotopic (exact) mass is 251 g/mol. The van der Waals surface area contributed by atoms with Crippen molar-refractivity contribution < 1.29 is 24.5 Å². The molecule has 0 spiro atoms. The summed E-state index contributed by atoms with van der Waals surface area (Å²) in [6.45, 7) is 3.36. The fraction of sp³-hybridized carbons (Fsp3) is 0.167. The van der Waals surface area contributed by atoms with Crippen LogP contribution in [0.5, 0.6) is 5.75 Å². The topological polar surface area (TPSA) is 95.9 Å². The average Bonchev–Trinajstić information content (AvgIpc) is 2.34. The summed E-state index contributed by atoms with van der Waals surface area (Å²) in [4.78, 5) is 22.3. The van der Waals surface area contributed by atoms with Crippen molar-refractivity contribution in [1.82, 2.24) is 5.32 Å². The number of phenolic OH excluding ortho intramolecular Hbond substituents is 1. The molecule has 0 aliphatic heterocycles. The van der Waals surface area contributed by atoms with Gasteiger partial charge in [0.2, 0.25) is 0 Å². The van der Waals surface area contributed by atoms with Gasteiger partial charge in [-0.05, 0) is 17.7 Å². The maximum atomic E-state index is 11.3. The average molecular weight is 251 g/mol. The van der Waals surface area contributed by atoms with E-state index in [1.807, 2.05) is 0 Å². The Labute approximate surface area is 104 Å². The van der Waals surface area contributed by atoms with Crippen LogP contribution in [0.4, 0.5) is 4.79 Å². The lowest BCUT2D eigenvalue weighted by atomic mass is 10.1. The highest BCUT2D eigenvalue weighted by atomic mass is 16.5. The molecule has 18 heavy (non-hydrogen) atoms. The fourth-order valence-corrected chi connectivity index (χ4v) is 1.25. The van der Waals surface area contributed by atoms with Gasteiger partial charge in [-0.3, -0.25) is 0 Å². The third-order valence-corrected chi connectivity index (χ3v) is 2.07. The Balaban J connectivity index is 2.77. The van der Waals surface area contributed by atoms with Crippen molar-refractivity contribution in [3.8, 4) is 5.75 Å². The molecule has 0 bridgehead atoms. The first kappa shape index (κ1) is 13.6. The van der Waals surface area contributed by atoms with Gasteiger partial charge in [0, 0.05) is 0 Å². The fourth-order valence-electron chi connectivity index (χ4n) is 1.25. The van der Waals surface area contributed by atoms with Gasteiger partial charge in [-0.2, -0.15) is 0 Å². The Bertz CT molecular complexity index is 440. The minimum Gasteiger partial charge on any atom is -0.508 e. The molecular formula is C12H13NO5. The van der Waals surface area contributed by atoms with E-state index >= 15 is 0 Å². The lowest BCUT2D eigenvalue weighted by Crippen LogP contribution is -2.34. The molecule has 0 saturated heterocycles. The van der Waals surface area contributed by atoms with Crippen molar-refractivity contribution in [2.24, 2.45) is 0 Å². The first-order valence-corrected chi connectivity index (χ1v) is 5.10.